The van der Waals surface area contributed by atoms with Crippen LogP contribution in [0.4, 0.5) is 0 Å². The minimum atomic E-state index is -0.326. The van der Waals surface area contributed by atoms with Crippen LogP contribution in [0.5, 0.6) is 5.75 Å². The van der Waals surface area contributed by atoms with E-state index in [1.807, 2.05) is 18.2 Å². The van der Waals surface area contributed by atoms with E-state index < -0.39 is 0 Å². The van der Waals surface area contributed by atoms with Crippen LogP contribution >= 0.6 is 11.6 Å². The van der Waals surface area contributed by atoms with Crippen LogP contribution in [0.2, 0.25) is 5.02 Å². The monoisotopic (exact) mass is 408 g/mol. The highest BCUT2D eigenvalue weighted by atomic mass is 35.5. The molecule has 4 aromatic rings. The van der Waals surface area contributed by atoms with Crippen molar-refractivity contribution in [2.24, 2.45) is 0 Å². The Balaban J connectivity index is 1.37. The maximum Gasteiger partial charge on any atom is 0.420 e. The molecule has 0 saturated carbocycles. The van der Waals surface area contributed by atoms with Crippen LogP contribution in [0.25, 0.3) is 21.9 Å². The first-order valence-electron chi connectivity index (χ1n) is 9.83. The quantitative estimate of drug-likeness (QED) is 0.521. The molecule has 1 aliphatic heterocycles. The molecule has 1 aromatic heterocycles. The molecule has 0 atom stereocenters. The van der Waals surface area contributed by atoms with Gasteiger partial charge in [0.2, 0.25) is 0 Å². The molecule has 0 aliphatic carbocycles. The van der Waals surface area contributed by atoms with Crippen LogP contribution in [0.1, 0.15) is 24.4 Å². The van der Waals surface area contributed by atoms with E-state index in [0.29, 0.717) is 22.9 Å². The lowest BCUT2D eigenvalue weighted by molar-refractivity contribution is 0.176. The number of benzene rings is 3. The molecule has 0 unspecified atom stereocenters. The van der Waals surface area contributed by atoms with Crippen LogP contribution < -0.4 is 5.76 Å². The molecule has 1 N–H and O–H groups in total. The minimum absolute atomic E-state index is 0.0829. The second-order valence-corrected chi connectivity index (χ2v) is 8.08. The van der Waals surface area contributed by atoms with E-state index in [9.17, 15) is 9.90 Å². The highest BCUT2D eigenvalue weighted by molar-refractivity contribution is 6.31. The van der Waals surface area contributed by atoms with Crippen molar-refractivity contribution in [3.05, 3.63) is 75.7 Å². The Morgan fingerprint density at radius 2 is 1.86 bits per heavy atom. The zero-order valence-corrected chi connectivity index (χ0v) is 16.6. The Hall–Kier alpha value is -2.76. The number of phenolic OH excluding ortho intramolecular Hbond substituents is 1. The second kappa shape index (κ2) is 7.25. The molecule has 5 nitrogen and oxygen atoms in total. The maximum absolute atomic E-state index is 12.4. The zero-order chi connectivity index (χ0) is 20.0. The molecule has 1 aliphatic rings. The Morgan fingerprint density at radius 1 is 1.07 bits per heavy atom. The third-order valence-corrected chi connectivity index (χ3v) is 6.13. The van der Waals surface area contributed by atoms with Crippen molar-refractivity contribution in [3.8, 4) is 5.75 Å². The van der Waals surface area contributed by atoms with Gasteiger partial charge in [-0.3, -0.25) is 9.47 Å². The zero-order valence-electron chi connectivity index (χ0n) is 15.8. The van der Waals surface area contributed by atoms with Gasteiger partial charge in [-0.25, -0.2) is 4.79 Å². The lowest BCUT2D eigenvalue weighted by Crippen LogP contribution is -2.36. The van der Waals surface area contributed by atoms with Crippen molar-refractivity contribution in [1.29, 1.82) is 0 Å². The number of aromatic nitrogens is 1. The smallest absolute Gasteiger partial charge is 0.420 e. The molecule has 1 saturated heterocycles. The number of aromatic hydroxyl groups is 1. The van der Waals surface area contributed by atoms with Gasteiger partial charge in [-0.1, -0.05) is 41.9 Å². The average molecular weight is 409 g/mol. The lowest BCUT2D eigenvalue weighted by Gasteiger charge is -2.32. The number of hydrogen-bond donors (Lipinski definition) is 1. The Morgan fingerprint density at radius 3 is 2.69 bits per heavy atom. The van der Waals surface area contributed by atoms with Gasteiger partial charge >= 0.3 is 5.76 Å². The van der Waals surface area contributed by atoms with E-state index in [-0.39, 0.29) is 11.8 Å². The van der Waals surface area contributed by atoms with Crippen LogP contribution in [0.15, 0.2) is 63.8 Å². The molecule has 0 amide bonds. The first-order valence-corrected chi connectivity index (χ1v) is 10.2. The summed E-state index contributed by atoms with van der Waals surface area (Å²) in [6, 6.07) is 17.2. The SMILES string of the molecule is O=c1oc2ccc(Cl)cc2n1C1CCN(Cc2c(O)ccc3ccccc23)CC1. The number of oxazole rings is 1. The molecule has 3 aromatic carbocycles. The number of hydrogen-bond acceptors (Lipinski definition) is 4. The van der Waals surface area contributed by atoms with E-state index in [4.69, 9.17) is 16.0 Å². The topological polar surface area (TPSA) is 58.6 Å². The number of piperidine rings is 1. The van der Waals surface area contributed by atoms with E-state index in [2.05, 4.69) is 17.0 Å². The number of rotatable bonds is 3. The van der Waals surface area contributed by atoms with Gasteiger partial charge in [0, 0.05) is 36.3 Å². The third kappa shape index (κ3) is 3.30. The summed E-state index contributed by atoms with van der Waals surface area (Å²) in [6.07, 6.45) is 1.68. The van der Waals surface area contributed by atoms with Gasteiger partial charge in [0.15, 0.2) is 5.58 Å². The van der Waals surface area contributed by atoms with E-state index in [0.717, 1.165) is 47.8 Å². The highest BCUT2D eigenvalue weighted by Gasteiger charge is 2.25. The predicted molar refractivity (Wildman–Crippen MR) is 115 cm³/mol. The Labute approximate surface area is 172 Å². The van der Waals surface area contributed by atoms with Gasteiger partial charge in [0.1, 0.15) is 5.75 Å². The van der Waals surface area contributed by atoms with Crippen molar-refractivity contribution >= 4 is 33.5 Å². The molecular formula is C23H21ClN2O3. The maximum atomic E-state index is 12.4. The van der Waals surface area contributed by atoms with E-state index in [1.54, 1.807) is 28.8 Å². The molecule has 2 heterocycles. The predicted octanol–water partition coefficient (Wildman–Crippen LogP) is 4.94. The molecule has 0 spiro atoms. The van der Waals surface area contributed by atoms with Crippen LogP contribution in [0, 0.1) is 0 Å². The summed E-state index contributed by atoms with van der Waals surface area (Å²) < 4.78 is 7.14. The summed E-state index contributed by atoms with van der Waals surface area (Å²) in [5.74, 6) is 0.00456. The summed E-state index contributed by atoms with van der Waals surface area (Å²) in [6.45, 7) is 2.37. The largest absolute Gasteiger partial charge is 0.508 e. The van der Waals surface area contributed by atoms with Crippen molar-refractivity contribution in [2.75, 3.05) is 13.1 Å². The number of likely N-dealkylation sites (tertiary alicyclic amines) is 1. The van der Waals surface area contributed by atoms with E-state index in [1.165, 1.54) is 0 Å². The van der Waals surface area contributed by atoms with Crippen molar-refractivity contribution in [3.63, 3.8) is 0 Å². The molecule has 148 valence electrons. The van der Waals surface area contributed by atoms with E-state index >= 15 is 0 Å². The normalized spacial score (nSPS) is 16.0. The fourth-order valence-corrected chi connectivity index (χ4v) is 4.57. The molecular weight excluding hydrogens is 388 g/mol. The summed E-state index contributed by atoms with van der Waals surface area (Å²) in [5.41, 5.74) is 2.29. The molecule has 5 rings (SSSR count). The summed E-state index contributed by atoms with van der Waals surface area (Å²) in [7, 11) is 0. The van der Waals surface area contributed by atoms with Crippen molar-refractivity contribution in [1.82, 2.24) is 9.47 Å². The lowest BCUT2D eigenvalue weighted by atomic mass is 10.0. The van der Waals surface area contributed by atoms with Crippen molar-refractivity contribution < 1.29 is 9.52 Å². The second-order valence-electron chi connectivity index (χ2n) is 7.64. The van der Waals surface area contributed by atoms with Crippen LogP contribution in [-0.4, -0.2) is 27.7 Å². The van der Waals surface area contributed by atoms with Gasteiger partial charge in [-0.05, 0) is 47.9 Å². The number of halogens is 1. The third-order valence-electron chi connectivity index (χ3n) is 5.89. The van der Waals surface area contributed by atoms with Gasteiger partial charge < -0.3 is 9.52 Å². The summed E-state index contributed by atoms with van der Waals surface area (Å²) >= 11 is 6.13. The van der Waals surface area contributed by atoms with Crippen molar-refractivity contribution in [2.45, 2.75) is 25.4 Å². The average Bonchev–Trinajstić information content (AvgIpc) is 3.05. The fraction of sp³-hybridized carbons (Fsp3) is 0.261. The summed E-state index contributed by atoms with van der Waals surface area (Å²) in [4.78, 5) is 14.8. The number of phenols is 1. The van der Waals surface area contributed by atoms with Crippen LogP contribution in [0.3, 0.4) is 0 Å². The minimum Gasteiger partial charge on any atom is -0.508 e. The van der Waals surface area contributed by atoms with Gasteiger partial charge in [-0.2, -0.15) is 0 Å². The molecule has 29 heavy (non-hydrogen) atoms. The molecule has 0 bridgehead atoms. The number of fused-ring (bicyclic) bond motifs is 2. The number of nitrogens with zero attached hydrogens (tertiary/aromatic N) is 2. The first-order chi connectivity index (χ1) is 14.1. The molecule has 1 fully saturated rings. The first kappa shape index (κ1) is 18.3. The molecule has 6 heteroatoms. The van der Waals surface area contributed by atoms with Crippen LogP contribution in [-0.2, 0) is 6.54 Å². The van der Waals surface area contributed by atoms with Gasteiger partial charge in [0.05, 0.1) is 5.52 Å². The standard InChI is InChI=1S/C23H21ClN2O3/c24-16-6-8-22-20(13-16)26(23(28)29-22)17-9-11-25(12-10-17)14-19-18-4-2-1-3-15(18)5-7-21(19)27/h1-8,13,17,27H,9-12,14H2. The highest BCUT2D eigenvalue weighted by Crippen LogP contribution is 2.31. The fourth-order valence-electron chi connectivity index (χ4n) is 4.40. The molecule has 0 radical (unpaired) electrons. The Bertz CT molecular complexity index is 1250. The Kier molecular flexibility index (Phi) is 4.57. The summed E-state index contributed by atoms with van der Waals surface area (Å²) in [5, 5.41) is 13.2. The van der Waals surface area contributed by atoms with Gasteiger partial charge in [-0.15, -0.1) is 0 Å². The van der Waals surface area contributed by atoms with Gasteiger partial charge in [0.25, 0.3) is 0 Å².